The van der Waals surface area contributed by atoms with Gasteiger partial charge in [-0.2, -0.15) is 0 Å². The van der Waals surface area contributed by atoms with E-state index in [1.807, 2.05) is 30.3 Å². The van der Waals surface area contributed by atoms with E-state index in [-0.39, 0.29) is 19.8 Å². The quantitative estimate of drug-likeness (QED) is 0.131. The molecule has 0 aliphatic carbocycles. The molecule has 1 saturated heterocycles. The van der Waals surface area contributed by atoms with Gasteiger partial charge in [-0.05, 0) is 17.7 Å². The van der Waals surface area contributed by atoms with Gasteiger partial charge in [0.05, 0.1) is 24.6 Å². The number of carbonyl (C=O) groups excluding carboxylic acids is 5. The Morgan fingerprint density at radius 2 is 1.44 bits per heavy atom. The van der Waals surface area contributed by atoms with Crippen LogP contribution in [0.4, 0.5) is 0 Å². The highest BCUT2D eigenvalue weighted by Gasteiger charge is 2.55. The maximum absolute atomic E-state index is 12.4. The highest BCUT2D eigenvalue weighted by molar-refractivity contribution is 8.01. The number of thioether (sulfide) groups is 1. The molecule has 0 saturated carbocycles. The van der Waals surface area contributed by atoms with Crippen LogP contribution in [0.25, 0.3) is 0 Å². The summed E-state index contributed by atoms with van der Waals surface area (Å²) in [4.78, 5) is 60.3. The normalized spacial score (nSPS) is 29.2. The zero-order valence-electron chi connectivity index (χ0n) is 25.8. The number of ether oxygens (including phenoxy) is 9. The van der Waals surface area contributed by atoms with Crippen molar-refractivity contribution in [3.8, 4) is 0 Å². The maximum Gasteiger partial charge on any atom is 0.306 e. The molecule has 0 radical (unpaired) electrons. The van der Waals surface area contributed by atoms with Gasteiger partial charge in [-0.15, -0.1) is 0 Å². The summed E-state index contributed by atoms with van der Waals surface area (Å²) in [5.41, 5.74) is 0.884. The molecule has 1 fully saturated rings. The molecule has 8 atom stereocenters. The van der Waals surface area contributed by atoms with Crippen LogP contribution in [-0.2, 0) is 73.2 Å². The minimum Gasteiger partial charge on any atom is -0.463 e. The zero-order valence-corrected chi connectivity index (χ0v) is 26.6. The van der Waals surface area contributed by atoms with E-state index < -0.39 is 77.0 Å². The fourth-order valence-electron chi connectivity index (χ4n) is 4.68. The zero-order chi connectivity index (χ0) is 33.1. The van der Waals surface area contributed by atoms with Gasteiger partial charge in [0.1, 0.15) is 18.8 Å². The molecular weight excluding hydrogens is 616 g/mol. The molecule has 45 heavy (non-hydrogen) atoms. The Morgan fingerprint density at radius 1 is 0.800 bits per heavy atom. The summed E-state index contributed by atoms with van der Waals surface area (Å²) in [6, 6.07) is 9.35. The number of esters is 5. The van der Waals surface area contributed by atoms with Gasteiger partial charge in [0.15, 0.2) is 18.5 Å². The highest BCUT2D eigenvalue weighted by atomic mass is 32.2. The smallest absolute Gasteiger partial charge is 0.306 e. The number of carbonyl (C=O) groups is 5. The van der Waals surface area contributed by atoms with Gasteiger partial charge >= 0.3 is 29.8 Å². The lowest BCUT2D eigenvalue weighted by molar-refractivity contribution is -0.271. The molecule has 3 rings (SSSR count). The Balaban J connectivity index is 2.04. The van der Waals surface area contributed by atoms with Crippen molar-refractivity contribution in [1.82, 2.24) is 0 Å². The molecule has 0 aromatic heterocycles. The van der Waals surface area contributed by atoms with Gasteiger partial charge in [0, 0.05) is 41.7 Å². The van der Waals surface area contributed by atoms with Crippen molar-refractivity contribution < 1.29 is 66.6 Å². The Morgan fingerprint density at radius 3 is 2.02 bits per heavy atom. The van der Waals surface area contributed by atoms with E-state index in [1.54, 1.807) is 0 Å². The lowest BCUT2D eigenvalue weighted by Crippen LogP contribution is -2.62. The minimum atomic E-state index is -1.95. The van der Waals surface area contributed by atoms with Crippen molar-refractivity contribution >= 4 is 41.6 Å². The molecule has 14 nitrogen and oxygen atoms in total. The second-order valence-electron chi connectivity index (χ2n) is 10.1. The largest absolute Gasteiger partial charge is 0.463 e. The summed E-state index contributed by atoms with van der Waals surface area (Å²) in [5.74, 6) is -3.41. The Bertz CT molecular complexity index is 1220. The predicted octanol–water partition coefficient (Wildman–Crippen LogP) is 2.21. The molecule has 1 aromatic rings. The van der Waals surface area contributed by atoms with E-state index in [1.165, 1.54) is 47.0 Å². The average molecular weight is 655 g/mol. The molecule has 0 bridgehead atoms. The molecule has 0 amide bonds. The lowest BCUT2D eigenvalue weighted by Gasteiger charge is -2.47. The fourth-order valence-corrected chi connectivity index (χ4v) is 6.20. The molecule has 2 aliphatic rings. The number of rotatable bonds is 13. The number of hydrogen-bond donors (Lipinski definition) is 0. The minimum absolute atomic E-state index is 0.0657. The summed E-state index contributed by atoms with van der Waals surface area (Å²) in [6.45, 7) is 5.69. The van der Waals surface area contributed by atoms with E-state index in [0.29, 0.717) is 0 Å². The van der Waals surface area contributed by atoms with Crippen LogP contribution in [0.3, 0.4) is 0 Å². The summed E-state index contributed by atoms with van der Waals surface area (Å²) >= 11 is 0.862. The summed E-state index contributed by atoms with van der Waals surface area (Å²) in [6.07, 6.45) is -3.88. The van der Waals surface area contributed by atoms with Crippen molar-refractivity contribution in [1.29, 1.82) is 0 Å². The monoisotopic (exact) mass is 654 g/mol. The van der Waals surface area contributed by atoms with Crippen LogP contribution in [0.2, 0.25) is 0 Å². The van der Waals surface area contributed by atoms with Crippen LogP contribution in [0.1, 0.15) is 40.2 Å². The maximum atomic E-state index is 12.4. The van der Waals surface area contributed by atoms with Crippen LogP contribution >= 0.6 is 11.8 Å². The Labute approximate surface area is 264 Å². The lowest BCUT2D eigenvalue weighted by atomic mass is 10.0. The second-order valence-corrected chi connectivity index (χ2v) is 11.4. The summed E-state index contributed by atoms with van der Waals surface area (Å²) in [5, 5.41) is -2.93. The summed E-state index contributed by atoms with van der Waals surface area (Å²) < 4.78 is 51.2. The summed E-state index contributed by atoms with van der Waals surface area (Å²) in [7, 11) is 1.34. The Hall–Kier alpha value is -3.50. The first-order valence-corrected chi connectivity index (χ1v) is 14.9. The molecule has 0 unspecified atom stereocenters. The topological polar surface area (TPSA) is 168 Å². The van der Waals surface area contributed by atoms with Crippen molar-refractivity contribution in [3.63, 3.8) is 0 Å². The number of benzene rings is 1. The van der Waals surface area contributed by atoms with Crippen LogP contribution in [-0.4, -0.2) is 97.3 Å². The van der Waals surface area contributed by atoms with Gasteiger partial charge in [0.25, 0.3) is 5.12 Å². The molecule has 15 heteroatoms. The first-order chi connectivity index (χ1) is 21.3. The first-order valence-electron chi connectivity index (χ1n) is 14.0. The van der Waals surface area contributed by atoms with Crippen LogP contribution < -0.4 is 0 Å². The van der Waals surface area contributed by atoms with Gasteiger partial charge in [-0.3, -0.25) is 24.0 Å². The molecule has 0 N–H and O–H groups in total. The molecule has 248 valence electrons. The average Bonchev–Trinajstić information content (AvgIpc) is 2.95. The van der Waals surface area contributed by atoms with E-state index in [9.17, 15) is 24.0 Å². The van der Waals surface area contributed by atoms with Crippen molar-refractivity contribution in [2.45, 2.75) is 88.4 Å². The SMILES string of the molecule is CO[C@H]1O[C@H](COCc2ccccc2)[C@@H](S[C@]2(OC(C)=O)C=C[C@H](OC(C)=O)[C@@H](COC(C)=O)O2)[C@H](OC(C)=O)[C@H]1OC(C)=O. The third-order valence-electron chi connectivity index (χ3n) is 6.33. The van der Waals surface area contributed by atoms with Crippen molar-refractivity contribution in [2.24, 2.45) is 0 Å². The molecule has 1 aromatic carbocycles. The van der Waals surface area contributed by atoms with E-state index in [0.717, 1.165) is 24.2 Å². The van der Waals surface area contributed by atoms with Crippen LogP contribution in [0, 0.1) is 0 Å². The predicted molar refractivity (Wildman–Crippen MR) is 155 cm³/mol. The van der Waals surface area contributed by atoms with Crippen LogP contribution in [0.5, 0.6) is 0 Å². The molecule has 0 spiro atoms. The highest BCUT2D eigenvalue weighted by Crippen LogP contribution is 2.45. The molecular formula is C30H38O14S. The standard InChI is InChI=1S/C30H38O14S/c1-17(31)38-16-24-23(39-18(2)32)12-13-30(44-24,43-21(5)35)45-28-25(15-37-14-22-10-8-7-9-11-22)42-29(36-6)27(41-20(4)34)26(28)40-19(3)33/h7-13,23-29H,14-16H2,1-6H3/t23-,24+,25+,26+,27+,28+,29-,30-/m0/s1. The van der Waals surface area contributed by atoms with Gasteiger partial charge in [0.2, 0.25) is 0 Å². The second kappa shape index (κ2) is 16.7. The third-order valence-corrected chi connectivity index (χ3v) is 7.82. The van der Waals surface area contributed by atoms with Crippen LogP contribution in [0.15, 0.2) is 42.5 Å². The number of hydrogen-bond acceptors (Lipinski definition) is 15. The molecule has 2 heterocycles. The number of methoxy groups -OCH3 is 1. The van der Waals surface area contributed by atoms with Crippen molar-refractivity contribution in [2.75, 3.05) is 20.3 Å². The van der Waals surface area contributed by atoms with Gasteiger partial charge < -0.3 is 42.6 Å². The van der Waals surface area contributed by atoms with E-state index >= 15 is 0 Å². The third kappa shape index (κ3) is 10.8. The first kappa shape index (κ1) is 36.0. The van der Waals surface area contributed by atoms with E-state index in [4.69, 9.17) is 42.6 Å². The Kier molecular flexibility index (Phi) is 13.4. The van der Waals surface area contributed by atoms with Crippen molar-refractivity contribution in [3.05, 3.63) is 48.0 Å². The molecule has 2 aliphatic heterocycles. The van der Waals surface area contributed by atoms with Gasteiger partial charge in [-0.25, -0.2) is 0 Å². The van der Waals surface area contributed by atoms with E-state index in [2.05, 4.69) is 0 Å². The fraction of sp³-hybridized carbons (Fsp3) is 0.567. The van der Waals surface area contributed by atoms with Gasteiger partial charge in [-0.1, -0.05) is 42.1 Å².